The molecule has 56 valence electrons. The van der Waals surface area contributed by atoms with Crippen LogP contribution in [0, 0.1) is 5.95 Å². The third-order valence-electron chi connectivity index (χ3n) is 1.45. The van der Waals surface area contributed by atoms with E-state index in [1.807, 2.05) is 0 Å². The van der Waals surface area contributed by atoms with Gasteiger partial charge in [0.25, 0.3) is 0 Å². The van der Waals surface area contributed by atoms with Crippen LogP contribution in [-0.4, -0.2) is 19.5 Å². The first kappa shape index (κ1) is 6.21. The van der Waals surface area contributed by atoms with Crippen molar-refractivity contribution < 1.29 is 4.39 Å². The number of halogens is 1. The van der Waals surface area contributed by atoms with Crippen LogP contribution < -0.4 is 0 Å². The first-order chi connectivity index (χ1) is 5.29. The SMILES string of the molecule is Cn1cnc2c(F)ncnc21. The van der Waals surface area contributed by atoms with Crippen LogP contribution in [0.2, 0.25) is 0 Å². The minimum Gasteiger partial charge on any atom is -0.318 e. The molecule has 0 bridgehead atoms. The maximum absolute atomic E-state index is 12.8. The summed E-state index contributed by atoms with van der Waals surface area (Å²) >= 11 is 0. The second-order valence-corrected chi connectivity index (χ2v) is 2.19. The van der Waals surface area contributed by atoms with Gasteiger partial charge >= 0.3 is 0 Å². The zero-order valence-electron chi connectivity index (χ0n) is 5.82. The molecule has 0 fully saturated rings. The van der Waals surface area contributed by atoms with Gasteiger partial charge < -0.3 is 4.57 Å². The second kappa shape index (κ2) is 1.98. The lowest BCUT2D eigenvalue weighted by Crippen LogP contribution is -1.90. The van der Waals surface area contributed by atoms with E-state index in [1.54, 1.807) is 11.6 Å². The molecule has 2 aromatic rings. The van der Waals surface area contributed by atoms with Crippen molar-refractivity contribution in [1.29, 1.82) is 0 Å². The highest BCUT2D eigenvalue weighted by Gasteiger charge is 2.05. The second-order valence-electron chi connectivity index (χ2n) is 2.19. The molecular formula is C6H5FN4. The zero-order valence-corrected chi connectivity index (χ0v) is 5.82. The molecule has 0 aliphatic rings. The lowest BCUT2D eigenvalue weighted by atomic mass is 10.5. The van der Waals surface area contributed by atoms with E-state index in [9.17, 15) is 4.39 Å². The van der Waals surface area contributed by atoms with Gasteiger partial charge in [0.1, 0.15) is 6.33 Å². The van der Waals surface area contributed by atoms with Crippen molar-refractivity contribution in [3.05, 3.63) is 18.6 Å². The van der Waals surface area contributed by atoms with Gasteiger partial charge in [-0.15, -0.1) is 0 Å². The third kappa shape index (κ3) is 0.772. The van der Waals surface area contributed by atoms with Gasteiger partial charge in [0, 0.05) is 7.05 Å². The largest absolute Gasteiger partial charge is 0.318 e. The minimum atomic E-state index is -0.574. The summed E-state index contributed by atoms with van der Waals surface area (Å²) in [6.45, 7) is 0. The van der Waals surface area contributed by atoms with Crippen LogP contribution in [-0.2, 0) is 7.05 Å². The Balaban J connectivity index is 2.94. The molecule has 5 heteroatoms. The normalized spacial score (nSPS) is 10.7. The molecule has 0 saturated heterocycles. The number of fused-ring (bicyclic) bond motifs is 1. The summed E-state index contributed by atoms with van der Waals surface area (Å²) in [6, 6.07) is 0. The van der Waals surface area contributed by atoms with Crippen molar-refractivity contribution in [3.8, 4) is 0 Å². The lowest BCUT2D eigenvalue weighted by Gasteiger charge is -1.90. The number of hydrogen-bond acceptors (Lipinski definition) is 3. The van der Waals surface area contributed by atoms with E-state index in [4.69, 9.17) is 0 Å². The maximum Gasteiger partial charge on any atom is 0.244 e. The molecule has 0 aliphatic carbocycles. The molecule has 11 heavy (non-hydrogen) atoms. The molecule has 2 heterocycles. The fraction of sp³-hybridized carbons (Fsp3) is 0.167. The van der Waals surface area contributed by atoms with Gasteiger partial charge in [-0.25, -0.2) is 15.0 Å². The van der Waals surface area contributed by atoms with Crippen molar-refractivity contribution in [2.24, 2.45) is 7.05 Å². The number of imidazole rings is 1. The van der Waals surface area contributed by atoms with Crippen LogP contribution in [0.15, 0.2) is 12.7 Å². The minimum absolute atomic E-state index is 0.218. The van der Waals surface area contributed by atoms with Gasteiger partial charge in [0.15, 0.2) is 11.2 Å². The Bertz CT molecular complexity index is 394. The molecule has 0 amide bonds. The fourth-order valence-electron chi connectivity index (χ4n) is 0.917. The monoisotopic (exact) mass is 152 g/mol. The highest BCUT2D eigenvalue weighted by Crippen LogP contribution is 2.08. The molecule has 0 saturated carbocycles. The van der Waals surface area contributed by atoms with E-state index in [1.165, 1.54) is 12.7 Å². The van der Waals surface area contributed by atoms with E-state index < -0.39 is 5.95 Å². The summed E-state index contributed by atoms with van der Waals surface area (Å²) in [5.74, 6) is -0.574. The Morgan fingerprint density at radius 1 is 1.36 bits per heavy atom. The van der Waals surface area contributed by atoms with Crippen molar-refractivity contribution in [1.82, 2.24) is 19.5 Å². The van der Waals surface area contributed by atoms with Gasteiger partial charge in [-0.3, -0.25) is 0 Å². The van der Waals surface area contributed by atoms with Crippen LogP contribution >= 0.6 is 0 Å². The molecule has 2 aromatic heterocycles. The smallest absolute Gasteiger partial charge is 0.244 e. The van der Waals surface area contributed by atoms with Gasteiger partial charge in [0.2, 0.25) is 5.95 Å². The van der Waals surface area contributed by atoms with Crippen LogP contribution in [0.4, 0.5) is 4.39 Å². The predicted molar refractivity (Wildman–Crippen MR) is 36.3 cm³/mol. The first-order valence-electron chi connectivity index (χ1n) is 3.06. The quantitative estimate of drug-likeness (QED) is 0.516. The van der Waals surface area contributed by atoms with E-state index in [2.05, 4.69) is 15.0 Å². The highest BCUT2D eigenvalue weighted by atomic mass is 19.1. The van der Waals surface area contributed by atoms with Crippen molar-refractivity contribution in [3.63, 3.8) is 0 Å². The number of rotatable bonds is 0. The Labute approximate surface area is 61.7 Å². The standard InChI is InChI=1S/C6H5FN4/c1-11-3-10-4-5(7)8-2-9-6(4)11/h2-3H,1H3. The molecule has 0 aliphatic heterocycles. The van der Waals surface area contributed by atoms with E-state index >= 15 is 0 Å². The molecule has 0 spiro atoms. The van der Waals surface area contributed by atoms with Crippen LogP contribution in [0.1, 0.15) is 0 Å². The first-order valence-corrected chi connectivity index (χ1v) is 3.06. The average Bonchev–Trinajstić information content (AvgIpc) is 2.35. The van der Waals surface area contributed by atoms with Crippen LogP contribution in [0.5, 0.6) is 0 Å². The molecule has 2 rings (SSSR count). The number of aryl methyl sites for hydroxylation is 1. The Hall–Kier alpha value is -1.52. The lowest BCUT2D eigenvalue weighted by molar-refractivity contribution is 0.591. The fourth-order valence-corrected chi connectivity index (χ4v) is 0.917. The topological polar surface area (TPSA) is 43.6 Å². The number of aromatic nitrogens is 4. The van der Waals surface area contributed by atoms with Crippen LogP contribution in [0.25, 0.3) is 11.2 Å². The maximum atomic E-state index is 12.8. The van der Waals surface area contributed by atoms with Gasteiger partial charge in [-0.2, -0.15) is 4.39 Å². The summed E-state index contributed by atoms with van der Waals surface area (Å²) in [5.41, 5.74) is 0.729. The van der Waals surface area contributed by atoms with E-state index in [0.29, 0.717) is 5.65 Å². The molecule has 4 nitrogen and oxygen atoms in total. The van der Waals surface area contributed by atoms with E-state index in [-0.39, 0.29) is 5.52 Å². The molecule has 0 radical (unpaired) electrons. The number of nitrogens with zero attached hydrogens (tertiary/aromatic N) is 4. The van der Waals surface area contributed by atoms with Gasteiger partial charge in [0.05, 0.1) is 6.33 Å². The summed E-state index contributed by atoms with van der Waals surface area (Å²) in [6.07, 6.45) is 2.68. The number of hydrogen-bond donors (Lipinski definition) is 0. The third-order valence-corrected chi connectivity index (χ3v) is 1.45. The van der Waals surface area contributed by atoms with Crippen molar-refractivity contribution >= 4 is 11.2 Å². The molecule has 0 N–H and O–H groups in total. The zero-order chi connectivity index (χ0) is 7.84. The molecule has 0 aromatic carbocycles. The van der Waals surface area contributed by atoms with Gasteiger partial charge in [-0.05, 0) is 0 Å². The van der Waals surface area contributed by atoms with Crippen molar-refractivity contribution in [2.45, 2.75) is 0 Å². The van der Waals surface area contributed by atoms with E-state index in [0.717, 1.165) is 0 Å². The van der Waals surface area contributed by atoms with Gasteiger partial charge in [-0.1, -0.05) is 0 Å². The molecular weight excluding hydrogens is 147 g/mol. The molecule has 0 atom stereocenters. The predicted octanol–water partition coefficient (Wildman–Crippen LogP) is 0.502. The Morgan fingerprint density at radius 3 is 2.91 bits per heavy atom. The highest BCUT2D eigenvalue weighted by molar-refractivity contribution is 5.69. The van der Waals surface area contributed by atoms with Crippen molar-refractivity contribution in [2.75, 3.05) is 0 Å². The Kier molecular flexibility index (Phi) is 1.12. The van der Waals surface area contributed by atoms with Crippen LogP contribution in [0.3, 0.4) is 0 Å². The summed E-state index contributed by atoms with van der Waals surface area (Å²) in [7, 11) is 1.75. The summed E-state index contributed by atoms with van der Waals surface area (Å²) < 4.78 is 14.4. The summed E-state index contributed by atoms with van der Waals surface area (Å²) in [4.78, 5) is 11.0. The Morgan fingerprint density at radius 2 is 2.18 bits per heavy atom. The average molecular weight is 152 g/mol. The summed E-state index contributed by atoms with van der Waals surface area (Å²) in [5, 5.41) is 0. The molecule has 0 unspecified atom stereocenters.